The van der Waals surface area contributed by atoms with Crippen molar-refractivity contribution in [2.45, 2.75) is 37.8 Å². The van der Waals surface area contributed by atoms with Crippen LogP contribution < -0.4 is 22.1 Å². The monoisotopic (exact) mass is 405 g/mol. The Morgan fingerprint density at radius 2 is 1.79 bits per heavy atom. The summed E-state index contributed by atoms with van der Waals surface area (Å²) in [5.41, 5.74) is 21.5. The first kappa shape index (κ1) is 17.9. The van der Waals surface area contributed by atoms with Gasteiger partial charge in [-0.15, -0.1) is 11.3 Å². The lowest BCUT2D eigenvalue weighted by Gasteiger charge is -2.45. The summed E-state index contributed by atoms with van der Waals surface area (Å²) in [7, 11) is 0. The normalized spacial score (nSPS) is 18.7. The second kappa shape index (κ2) is 6.73. The van der Waals surface area contributed by atoms with Gasteiger partial charge < -0.3 is 17.2 Å². The van der Waals surface area contributed by atoms with E-state index in [0.717, 1.165) is 57.8 Å². The standard InChI is InChI=1S/C21H23N7S/c22-14-7-8-16-17(12-14)29-18(25-16)13-5-4-6-15(11-13)28-20(24)26-19(23)27-21(28)9-2-1-3-10-21/h4-8,11-12H,1-3,9-10,22H2,(H4,23,24,26,27). The van der Waals surface area contributed by atoms with Crippen molar-refractivity contribution in [3.05, 3.63) is 42.5 Å². The maximum Gasteiger partial charge on any atom is 0.220 e. The number of hydrogen-bond donors (Lipinski definition) is 3. The molecule has 0 bridgehead atoms. The van der Waals surface area contributed by atoms with E-state index < -0.39 is 5.66 Å². The molecule has 1 fully saturated rings. The number of benzene rings is 2. The molecule has 1 spiro atoms. The van der Waals surface area contributed by atoms with Crippen molar-refractivity contribution in [3.8, 4) is 10.6 Å². The molecular formula is C21H23N7S. The van der Waals surface area contributed by atoms with E-state index in [4.69, 9.17) is 27.2 Å². The van der Waals surface area contributed by atoms with Gasteiger partial charge in [0.25, 0.3) is 0 Å². The van der Waals surface area contributed by atoms with Gasteiger partial charge in [0.2, 0.25) is 11.9 Å². The summed E-state index contributed by atoms with van der Waals surface area (Å²) in [6.45, 7) is 0. The molecule has 148 valence electrons. The summed E-state index contributed by atoms with van der Waals surface area (Å²) in [6.07, 6.45) is 5.22. The van der Waals surface area contributed by atoms with Crippen LogP contribution in [0.3, 0.4) is 0 Å². The number of fused-ring (bicyclic) bond motifs is 1. The van der Waals surface area contributed by atoms with E-state index in [9.17, 15) is 0 Å². The average molecular weight is 406 g/mol. The molecule has 2 aliphatic rings. The molecule has 29 heavy (non-hydrogen) atoms. The molecule has 7 nitrogen and oxygen atoms in total. The van der Waals surface area contributed by atoms with E-state index in [1.165, 1.54) is 6.42 Å². The molecule has 0 saturated heterocycles. The lowest BCUT2D eigenvalue weighted by Crippen LogP contribution is -2.58. The lowest BCUT2D eigenvalue weighted by atomic mass is 9.87. The molecule has 0 radical (unpaired) electrons. The maximum atomic E-state index is 6.36. The average Bonchev–Trinajstić information content (AvgIpc) is 3.11. The van der Waals surface area contributed by atoms with E-state index in [1.54, 1.807) is 11.3 Å². The zero-order valence-electron chi connectivity index (χ0n) is 16.0. The van der Waals surface area contributed by atoms with Crippen molar-refractivity contribution in [3.63, 3.8) is 0 Å². The molecule has 0 atom stereocenters. The number of anilines is 2. The number of aromatic nitrogens is 1. The molecule has 1 aromatic heterocycles. The molecule has 2 aromatic carbocycles. The van der Waals surface area contributed by atoms with Crippen LogP contribution in [-0.2, 0) is 0 Å². The highest BCUT2D eigenvalue weighted by molar-refractivity contribution is 7.21. The van der Waals surface area contributed by atoms with E-state index in [1.807, 2.05) is 30.3 Å². The van der Waals surface area contributed by atoms with Crippen LogP contribution in [0.4, 0.5) is 11.4 Å². The number of thiazole rings is 1. The summed E-state index contributed by atoms with van der Waals surface area (Å²) in [5.74, 6) is 0.661. The maximum absolute atomic E-state index is 6.36. The molecule has 8 heteroatoms. The van der Waals surface area contributed by atoms with Gasteiger partial charge in [0.15, 0.2) is 0 Å². The Labute approximate surface area is 173 Å². The van der Waals surface area contributed by atoms with Crippen molar-refractivity contribution in [2.75, 3.05) is 10.6 Å². The van der Waals surface area contributed by atoms with Gasteiger partial charge in [-0.3, -0.25) is 4.90 Å². The summed E-state index contributed by atoms with van der Waals surface area (Å²) in [4.78, 5) is 15.8. The van der Waals surface area contributed by atoms with E-state index >= 15 is 0 Å². The first-order valence-corrected chi connectivity index (χ1v) is 10.6. The second-order valence-electron chi connectivity index (χ2n) is 7.62. The van der Waals surface area contributed by atoms with Crippen LogP contribution in [0.5, 0.6) is 0 Å². The van der Waals surface area contributed by atoms with E-state index in [0.29, 0.717) is 5.96 Å². The van der Waals surface area contributed by atoms with Crippen LogP contribution in [0.1, 0.15) is 32.1 Å². The van der Waals surface area contributed by atoms with Crippen molar-refractivity contribution in [1.82, 2.24) is 4.98 Å². The predicted molar refractivity (Wildman–Crippen MR) is 121 cm³/mol. The Morgan fingerprint density at radius 3 is 2.62 bits per heavy atom. The number of hydrogen-bond acceptors (Lipinski definition) is 8. The summed E-state index contributed by atoms with van der Waals surface area (Å²) in [5, 5.41) is 0.945. The van der Waals surface area contributed by atoms with Crippen LogP contribution in [0.25, 0.3) is 20.8 Å². The Bertz CT molecular complexity index is 1140. The van der Waals surface area contributed by atoms with Crippen LogP contribution in [0.2, 0.25) is 0 Å². The minimum Gasteiger partial charge on any atom is -0.399 e. The van der Waals surface area contributed by atoms with Crippen molar-refractivity contribution < 1.29 is 0 Å². The number of guanidine groups is 2. The van der Waals surface area contributed by atoms with E-state index in [-0.39, 0.29) is 5.96 Å². The van der Waals surface area contributed by atoms with Gasteiger partial charge in [-0.25, -0.2) is 9.98 Å². The van der Waals surface area contributed by atoms with Crippen molar-refractivity contribution in [1.29, 1.82) is 0 Å². The largest absolute Gasteiger partial charge is 0.399 e. The van der Waals surface area contributed by atoms with Gasteiger partial charge in [0.1, 0.15) is 10.7 Å². The zero-order chi connectivity index (χ0) is 20.0. The topological polar surface area (TPSA) is 119 Å². The molecule has 2 heterocycles. The number of rotatable bonds is 2. The molecular weight excluding hydrogens is 382 g/mol. The molecule has 1 aliphatic carbocycles. The number of nitrogen functional groups attached to an aromatic ring is 1. The van der Waals surface area contributed by atoms with Gasteiger partial charge >= 0.3 is 0 Å². The van der Waals surface area contributed by atoms with Crippen LogP contribution in [0, 0.1) is 0 Å². The second-order valence-corrected chi connectivity index (χ2v) is 8.65. The fourth-order valence-electron chi connectivity index (χ4n) is 4.34. The summed E-state index contributed by atoms with van der Waals surface area (Å²) < 4.78 is 1.07. The first-order chi connectivity index (χ1) is 14.0. The van der Waals surface area contributed by atoms with Gasteiger partial charge in [-0.05, 0) is 56.0 Å². The molecule has 1 saturated carbocycles. The highest BCUT2D eigenvalue weighted by Gasteiger charge is 2.42. The van der Waals surface area contributed by atoms with Gasteiger partial charge in [0, 0.05) is 16.9 Å². The fourth-order valence-corrected chi connectivity index (χ4v) is 5.35. The third kappa shape index (κ3) is 3.09. The number of nitrogens with two attached hydrogens (primary N) is 3. The van der Waals surface area contributed by atoms with E-state index in [2.05, 4.69) is 22.0 Å². The minimum atomic E-state index is -0.450. The highest BCUT2D eigenvalue weighted by Crippen LogP contribution is 2.41. The van der Waals surface area contributed by atoms with Gasteiger partial charge in [-0.1, -0.05) is 18.6 Å². The minimum absolute atomic E-state index is 0.264. The van der Waals surface area contributed by atoms with Crippen molar-refractivity contribution in [2.24, 2.45) is 21.5 Å². The molecule has 0 amide bonds. The third-order valence-electron chi connectivity index (χ3n) is 5.62. The number of aliphatic imine (C=N–C) groups is 2. The summed E-state index contributed by atoms with van der Waals surface area (Å²) in [6, 6.07) is 14.0. The third-order valence-corrected chi connectivity index (χ3v) is 6.68. The van der Waals surface area contributed by atoms with Crippen LogP contribution >= 0.6 is 11.3 Å². The first-order valence-electron chi connectivity index (χ1n) is 9.80. The SMILES string of the molecule is NC1=NC2(CCCCC2)N(c2cccc(-c3nc4ccc(N)cc4s3)c2)C(N)=N1. The molecule has 3 aromatic rings. The lowest BCUT2D eigenvalue weighted by molar-refractivity contribution is 0.305. The van der Waals surface area contributed by atoms with Crippen LogP contribution in [-0.4, -0.2) is 22.6 Å². The van der Waals surface area contributed by atoms with Gasteiger partial charge in [-0.2, -0.15) is 4.99 Å². The Kier molecular flexibility index (Phi) is 4.16. The Balaban J connectivity index is 1.58. The Hall–Kier alpha value is -3.13. The molecule has 0 unspecified atom stereocenters. The highest BCUT2D eigenvalue weighted by atomic mass is 32.1. The molecule has 1 aliphatic heterocycles. The van der Waals surface area contributed by atoms with Gasteiger partial charge in [0.05, 0.1) is 10.2 Å². The summed E-state index contributed by atoms with van der Waals surface area (Å²) >= 11 is 1.63. The van der Waals surface area contributed by atoms with Crippen molar-refractivity contribution >= 4 is 44.8 Å². The van der Waals surface area contributed by atoms with Crippen LogP contribution in [0.15, 0.2) is 52.4 Å². The zero-order valence-corrected chi connectivity index (χ0v) is 16.8. The smallest absolute Gasteiger partial charge is 0.220 e. The quantitative estimate of drug-likeness (QED) is 0.562. The number of nitrogens with zero attached hydrogens (tertiary/aromatic N) is 4. The predicted octanol–water partition coefficient (Wildman–Crippen LogP) is 3.66. The molecule has 6 N–H and O–H groups in total. The molecule has 5 rings (SSSR count). The fraction of sp³-hybridized carbons (Fsp3) is 0.286. The Morgan fingerprint density at radius 1 is 0.966 bits per heavy atom.